The summed E-state index contributed by atoms with van der Waals surface area (Å²) in [5.41, 5.74) is 0.982. The summed E-state index contributed by atoms with van der Waals surface area (Å²) in [5.74, 6) is -0.558. The van der Waals surface area contributed by atoms with E-state index in [2.05, 4.69) is 0 Å². The molecule has 1 aromatic carbocycles. The Kier molecular flexibility index (Phi) is 4.80. The first-order chi connectivity index (χ1) is 10.0. The predicted molar refractivity (Wildman–Crippen MR) is 75.1 cm³/mol. The summed E-state index contributed by atoms with van der Waals surface area (Å²) in [5, 5.41) is 18.6. The van der Waals surface area contributed by atoms with Crippen LogP contribution in [-0.2, 0) is 16.0 Å². The Morgan fingerprint density at radius 2 is 2.00 bits per heavy atom. The molecule has 2 rings (SSSR count). The van der Waals surface area contributed by atoms with Crippen molar-refractivity contribution in [2.75, 3.05) is 13.7 Å². The molecule has 1 heterocycles. The highest BCUT2D eigenvalue weighted by atomic mass is 16.5. The summed E-state index contributed by atoms with van der Waals surface area (Å²) >= 11 is 0. The first-order valence-corrected chi connectivity index (χ1v) is 6.84. The van der Waals surface area contributed by atoms with E-state index >= 15 is 0 Å². The van der Waals surface area contributed by atoms with Gasteiger partial charge in [0.2, 0.25) is 5.91 Å². The Labute approximate surface area is 122 Å². The summed E-state index contributed by atoms with van der Waals surface area (Å²) in [6.45, 7) is 0.0956. The second-order valence-corrected chi connectivity index (χ2v) is 5.14. The summed E-state index contributed by atoms with van der Waals surface area (Å²) < 4.78 is 5.06. The number of β-amino-alcohol motifs (C(OH)–C–C–N with tert-alkyl or cyclic N) is 1. The van der Waals surface area contributed by atoms with E-state index in [1.54, 1.807) is 7.11 Å². The fraction of sp³-hybridized carbons (Fsp3) is 0.467. The van der Waals surface area contributed by atoms with Crippen LogP contribution in [0.1, 0.15) is 18.4 Å². The number of hydrogen-bond donors (Lipinski definition) is 2. The van der Waals surface area contributed by atoms with Crippen molar-refractivity contribution in [3.05, 3.63) is 29.8 Å². The lowest BCUT2D eigenvalue weighted by atomic mass is 10.1. The number of likely N-dealkylation sites (tertiary alicyclic amines) is 1. The number of rotatable bonds is 5. The summed E-state index contributed by atoms with van der Waals surface area (Å²) in [4.78, 5) is 24.5. The Morgan fingerprint density at radius 1 is 1.33 bits per heavy atom. The largest absolute Gasteiger partial charge is 0.497 e. The number of ether oxygens (including phenoxy) is 1. The van der Waals surface area contributed by atoms with Gasteiger partial charge in [0, 0.05) is 19.4 Å². The van der Waals surface area contributed by atoms with Crippen molar-refractivity contribution in [1.82, 2.24) is 4.90 Å². The number of benzene rings is 1. The van der Waals surface area contributed by atoms with Crippen molar-refractivity contribution in [2.24, 2.45) is 0 Å². The van der Waals surface area contributed by atoms with Gasteiger partial charge in [-0.05, 0) is 24.1 Å². The van der Waals surface area contributed by atoms with Gasteiger partial charge in [-0.25, -0.2) is 4.79 Å². The number of hydrogen-bond acceptors (Lipinski definition) is 4. The lowest BCUT2D eigenvalue weighted by molar-refractivity contribution is -0.148. The summed E-state index contributed by atoms with van der Waals surface area (Å²) in [6, 6.07) is 6.47. The summed E-state index contributed by atoms with van der Waals surface area (Å²) in [6.07, 6.45) is 0.102. The van der Waals surface area contributed by atoms with E-state index in [0.717, 1.165) is 11.3 Å². The highest BCUT2D eigenvalue weighted by Gasteiger charge is 2.38. The van der Waals surface area contributed by atoms with Crippen LogP contribution in [0.4, 0.5) is 0 Å². The average molecular weight is 293 g/mol. The molecule has 2 N–H and O–H groups in total. The molecule has 0 aromatic heterocycles. The molecule has 0 radical (unpaired) electrons. The number of aliphatic carboxylic acids is 1. The van der Waals surface area contributed by atoms with E-state index in [-0.39, 0.29) is 25.3 Å². The molecule has 0 aliphatic carbocycles. The van der Waals surface area contributed by atoms with Gasteiger partial charge in [0.25, 0.3) is 0 Å². The number of carbonyl (C=O) groups is 2. The van der Waals surface area contributed by atoms with Crippen LogP contribution in [0.3, 0.4) is 0 Å². The van der Waals surface area contributed by atoms with Crippen LogP contribution in [0.5, 0.6) is 5.75 Å². The first kappa shape index (κ1) is 15.3. The molecule has 114 valence electrons. The first-order valence-electron chi connectivity index (χ1n) is 6.84. The number of carbonyl (C=O) groups excluding carboxylic acids is 1. The van der Waals surface area contributed by atoms with E-state index in [1.165, 1.54) is 4.90 Å². The van der Waals surface area contributed by atoms with Crippen LogP contribution in [0.2, 0.25) is 0 Å². The van der Waals surface area contributed by atoms with Crippen LogP contribution >= 0.6 is 0 Å². The third-order valence-electron chi connectivity index (χ3n) is 3.67. The molecule has 0 spiro atoms. The maximum absolute atomic E-state index is 12.1. The molecule has 6 nitrogen and oxygen atoms in total. The molecule has 2 atom stereocenters. The van der Waals surface area contributed by atoms with E-state index in [1.807, 2.05) is 24.3 Å². The molecule has 0 bridgehead atoms. The zero-order chi connectivity index (χ0) is 15.4. The van der Waals surface area contributed by atoms with Gasteiger partial charge < -0.3 is 19.8 Å². The fourth-order valence-corrected chi connectivity index (χ4v) is 2.51. The highest BCUT2D eigenvalue weighted by molar-refractivity contribution is 5.84. The van der Waals surface area contributed by atoms with Crippen LogP contribution in [0.15, 0.2) is 24.3 Å². The number of aliphatic hydroxyl groups excluding tert-OH is 1. The second-order valence-electron chi connectivity index (χ2n) is 5.14. The van der Waals surface area contributed by atoms with Crippen molar-refractivity contribution in [3.63, 3.8) is 0 Å². The van der Waals surface area contributed by atoms with Crippen molar-refractivity contribution in [3.8, 4) is 5.75 Å². The van der Waals surface area contributed by atoms with E-state index < -0.39 is 18.1 Å². The molecule has 1 saturated heterocycles. The Balaban J connectivity index is 1.92. The number of amides is 1. The molecular weight excluding hydrogens is 274 g/mol. The molecule has 6 heteroatoms. The topological polar surface area (TPSA) is 87.1 Å². The van der Waals surface area contributed by atoms with Gasteiger partial charge >= 0.3 is 5.97 Å². The lowest BCUT2D eigenvalue weighted by Crippen LogP contribution is -2.40. The lowest BCUT2D eigenvalue weighted by Gasteiger charge is -2.21. The van der Waals surface area contributed by atoms with Crippen molar-refractivity contribution < 1.29 is 24.5 Å². The Hall–Kier alpha value is -2.08. The fourth-order valence-electron chi connectivity index (χ4n) is 2.51. The van der Waals surface area contributed by atoms with Gasteiger partial charge in [-0.15, -0.1) is 0 Å². The van der Waals surface area contributed by atoms with Gasteiger partial charge in [0.1, 0.15) is 11.8 Å². The third kappa shape index (κ3) is 3.72. The quantitative estimate of drug-likeness (QED) is 0.833. The van der Waals surface area contributed by atoms with Crippen molar-refractivity contribution in [2.45, 2.75) is 31.4 Å². The van der Waals surface area contributed by atoms with Gasteiger partial charge in [0.05, 0.1) is 13.2 Å². The van der Waals surface area contributed by atoms with E-state index in [4.69, 9.17) is 9.84 Å². The minimum absolute atomic E-state index is 0.0956. The molecule has 21 heavy (non-hydrogen) atoms. The van der Waals surface area contributed by atoms with Gasteiger partial charge in [0.15, 0.2) is 0 Å². The minimum atomic E-state index is -1.07. The summed E-state index contributed by atoms with van der Waals surface area (Å²) in [7, 11) is 1.59. The number of aryl methyl sites for hydroxylation is 1. The van der Waals surface area contributed by atoms with Gasteiger partial charge in [-0.1, -0.05) is 12.1 Å². The normalized spacial score (nSPS) is 21.3. The van der Waals surface area contributed by atoms with Gasteiger partial charge in [-0.3, -0.25) is 4.79 Å². The number of carboxylic acids is 1. The highest BCUT2D eigenvalue weighted by Crippen LogP contribution is 2.20. The van der Waals surface area contributed by atoms with E-state index in [9.17, 15) is 14.7 Å². The molecule has 1 aliphatic rings. The van der Waals surface area contributed by atoms with Gasteiger partial charge in [-0.2, -0.15) is 0 Å². The monoisotopic (exact) mass is 293 g/mol. The third-order valence-corrected chi connectivity index (χ3v) is 3.67. The second kappa shape index (κ2) is 6.58. The van der Waals surface area contributed by atoms with Crippen LogP contribution < -0.4 is 4.74 Å². The Bertz CT molecular complexity index is 513. The molecular formula is C15H19NO5. The standard InChI is InChI=1S/C15H19NO5/c1-21-12-5-2-10(3-6-12)4-7-14(18)16-9-11(17)8-13(16)15(19)20/h2-3,5-6,11,13,17H,4,7-9H2,1H3,(H,19,20). The predicted octanol–water partition coefficient (Wildman–Crippen LogP) is 0.674. The zero-order valence-electron chi connectivity index (χ0n) is 11.9. The van der Waals surface area contributed by atoms with Crippen LogP contribution in [0.25, 0.3) is 0 Å². The van der Waals surface area contributed by atoms with Crippen LogP contribution in [0, 0.1) is 0 Å². The maximum atomic E-state index is 12.1. The van der Waals surface area contributed by atoms with Crippen molar-refractivity contribution in [1.29, 1.82) is 0 Å². The van der Waals surface area contributed by atoms with Crippen LogP contribution in [-0.4, -0.2) is 52.8 Å². The van der Waals surface area contributed by atoms with E-state index in [0.29, 0.717) is 6.42 Å². The zero-order valence-corrected chi connectivity index (χ0v) is 11.9. The molecule has 1 aliphatic heterocycles. The molecule has 2 unspecified atom stereocenters. The molecule has 1 aromatic rings. The van der Waals surface area contributed by atoms with Crippen molar-refractivity contribution >= 4 is 11.9 Å². The Morgan fingerprint density at radius 3 is 2.57 bits per heavy atom. The number of methoxy groups -OCH3 is 1. The number of carboxylic acid groups (broad SMARTS) is 1. The smallest absolute Gasteiger partial charge is 0.326 e. The molecule has 1 amide bonds. The number of aliphatic hydroxyl groups is 1. The maximum Gasteiger partial charge on any atom is 0.326 e. The average Bonchev–Trinajstić information content (AvgIpc) is 2.87. The SMILES string of the molecule is COc1ccc(CCC(=O)N2CC(O)CC2C(=O)O)cc1. The number of nitrogens with zero attached hydrogens (tertiary/aromatic N) is 1. The molecule has 0 saturated carbocycles. The minimum Gasteiger partial charge on any atom is -0.497 e. The molecule has 1 fully saturated rings.